The third-order valence-electron chi connectivity index (χ3n) is 3.08. The molecule has 94 valence electrons. The first kappa shape index (κ1) is 12.6. The predicted octanol–water partition coefficient (Wildman–Crippen LogP) is 4.37. The number of nitrogen functional groups attached to an aromatic ring is 1. The van der Waals surface area contributed by atoms with Gasteiger partial charge >= 0.3 is 0 Å². The molecule has 0 spiro atoms. The molecule has 0 fully saturated rings. The summed E-state index contributed by atoms with van der Waals surface area (Å²) < 4.78 is 13.0. The Morgan fingerprint density at radius 1 is 0.944 bits per heavy atom. The van der Waals surface area contributed by atoms with Crippen molar-refractivity contribution in [3.8, 4) is 11.1 Å². The van der Waals surface area contributed by atoms with Gasteiger partial charge in [0.25, 0.3) is 0 Å². The average molecular weight is 243 g/mol. The Balaban J connectivity index is 2.41. The molecule has 0 atom stereocenters. The van der Waals surface area contributed by atoms with E-state index in [4.69, 9.17) is 5.73 Å². The first-order valence-corrected chi connectivity index (χ1v) is 6.04. The zero-order valence-corrected chi connectivity index (χ0v) is 11.0. The molecule has 0 unspecified atom stereocenters. The van der Waals surface area contributed by atoms with Gasteiger partial charge < -0.3 is 5.73 Å². The molecular weight excluding hydrogens is 225 g/mol. The normalized spacial score (nSPS) is 11.6. The van der Waals surface area contributed by atoms with Gasteiger partial charge in [0.15, 0.2) is 0 Å². The third-order valence-corrected chi connectivity index (χ3v) is 3.08. The number of hydrogen-bond donors (Lipinski definition) is 1. The van der Waals surface area contributed by atoms with Crippen LogP contribution in [0.25, 0.3) is 11.1 Å². The summed E-state index contributed by atoms with van der Waals surface area (Å²) in [5.41, 5.74) is 9.60. The Labute approximate surface area is 107 Å². The lowest BCUT2D eigenvalue weighted by Crippen LogP contribution is -2.10. The van der Waals surface area contributed by atoms with Crippen molar-refractivity contribution in [2.45, 2.75) is 26.2 Å². The van der Waals surface area contributed by atoms with Gasteiger partial charge in [-0.3, -0.25) is 0 Å². The van der Waals surface area contributed by atoms with Crippen molar-refractivity contribution in [1.29, 1.82) is 0 Å². The lowest BCUT2D eigenvalue weighted by molar-refractivity contribution is 0.590. The van der Waals surface area contributed by atoms with Crippen LogP contribution in [0.4, 0.5) is 10.1 Å². The van der Waals surface area contributed by atoms with E-state index in [-0.39, 0.29) is 11.2 Å². The molecule has 0 saturated carbocycles. The van der Waals surface area contributed by atoms with Crippen LogP contribution in [-0.4, -0.2) is 0 Å². The van der Waals surface area contributed by atoms with Crippen molar-refractivity contribution < 1.29 is 4.39 Å². The van der Waals surface area contributed by atoms with Gasteiger partial charge in [-0.1, -0.05) is 45.0 Å². The van der Waals surface area contributed by atoms with E-state index in [9.17, 15) is 4.39 Å². The lowest BCUT2D eigenvalue weighted by Gasteiger charge is -2.19. The zero-order chi connectivity index (χ0) is 13.3. The van der Waals surface area contributed by atoms with Crippen LogP contribution in [-0.2, 0) is 5.41 Å². The SMILES string of the molecule is CC(C)(C)c1ccc(-c2ccc(F)cc2N)cc1. The first-order valence-electron chi connectivity index (χ1n) is 6.04. The Bertz CT molecular complexity index is 550. The summed E-state index contributed by atoms with van der Waals surface area (Å²) in [6.07, 6.45) is 0. The third kappa shape index (κ3) is 2.53. The highest BCUT2D eigenvalue weighted by Crippen LogP contribution is 2.29. The zero-order valence-electron chi connectivity index (χ0n) is 11.0. The van der Waals surface area contributed by atoms with E-state index < -0.39 is 0 Å². The summed E-state index contributed by atoms with van der Waals surface area (Å²) in [5, 5.41) is 0. The summed E-state index contributed by atoms with van der Waals surface area (Å²) in [4.78, 5) is 0. The molecule has 0 aromatic heterocycles. The second kappa shape index (κ2) is 4.45. The molecule has 18 heavy (non-hydrogen) atoms. The molecule has 2 N–H and O–H groups in total. The van der Waals surface area contributed by atoms with Crippen molar-refractivity contribution in [3.63, 3.8) is 0 Å². The minimum absolute atomic E-state index is 0.132. The number of rotatable bonds is 1. The summed E-state index contributed by atoms with van der Waals surface area (Å²) in [7, 11) is 0. The van der Waals surface area contributed by atoms with Crippen molar-refractivity contribution in [2.24, 2.45) is 0 Å². The molecule has 0 radical (unpaired) electrons. The standard InChI is InChI=1S/C16H18FN/c1-16(2,3)12-6-4-11(5-7-12)14-9-8-13(17)10-15(14)18/h4-10H,18H2,1-3H3. The first-order chi connectivity index (χ1) is 8.38. The molecule has 0 aliphatic carbocycles. The van der Waals surface area contributed by atoms with Crippen molar-refractivity contribution >= 4 is 5.69 Å². The fourth-order valence-electron chi connectivity index (χ4n) is 1.95. The number of nitrogens with two attached hydrogens (primary N) is 1. The van der Waals surface area contributed by atoms with Gasteiger partial charge in [0.2, 0.25) is 0 Å². The van der Waals surface area contributed by atoms with Crippen LogP contribution in [0.1, 0.15) is 26.3 Å². The highest BCUT2D eigenvalue weighted by atomic mass is 19.1. The second-order valence-electron chi connectivity index (χ2n) is 5.56. The van der Waals surface area contributed by atoms with Gasteiger partial charge in [-0.25, -0.2) is 4.39 Å². The monoisotopic (exact) mass is 243 g/mol. The van der Waals surface area contributed by atoms with Crippen LogP contribution in [0.3, 0.4) is 0 Å². The van der Waals surface area contributed by atoms with Gasteiger partial charge in [-0.15, -0.1) is 0 Å². The van der Waals surface area contributed by atoms with Crippen molar-refractivity contribution in [2.75, 3.05) is 5.73 Å². The molecule has 2 rings (SSSR count). The Morgan fingerprint density at radius 2 is 1.56 bits per heavy atom. The van der Waals surface area contributed by atoms with Crippen LogP contribution < -0.4 is 5.73 Å². The van der Waals surface area contributed by atoms with E-state index in [2.05, 4.69) is 32.9 Å². The highest BCUT2D eigenvalue weighted by Gasteiger charge is 2.13. The van der Waals surface area contributed by atoms with E-state index in [0.29, 0.717) is 5.69 Å². The van der Waals surface area contributed by atoms with E-state index in [1.165, 1.54) is 17.7 Å². The highest BCUT2D eigenvalue weighted by molar-refractivity contribution is 5.76. The molecule has 0 bridgehead atoms. The van der Waals surface area contributed by atoms with Crippen LogP contribution in [0, 0.1) is 5.82 Å². The number of halogens is 1. The van der Waals surface area contributed by atoms with Crippen LogP contribution in [0.15, 0.2) is 42.5 Å². The molecule has 2 heteroatoms. The van der Waals surface area contributed by atoms with Gasteiger partial charge in [-0.2, -0.15) is 0 Å². The molecule has 0 amide bonds. The molecule has 0 aliphatic heterocycles. The topological polar surface area (TPSA) is 26.0 Å². The summed E-state index contributed by atoms with van der Waals surface area (Å²) in [5.74, 6) is -0.303. The van der Waals surface area contributed by atoms with E-state index in [0.717, 1.165) is 11.1 Å². The van der Waals surface area contributed by atoms with Gasteiger partial charge in [-0.05, 0) is 34.7 Å². The largest absolute Gasteiger partial charge is 0.398 e. The molecule has 1 nitrogen and oxygen atoms in total. The lowest BCUT2D eigenvalue weighted by atomic mass is 9.86. The number of anilines is 1. The second-order valence-corrected chi connectivity index (χ2v) is 5.56. The summed E-state index contributed by atoms with van der Waals surface area (Å²) >= 11 is 0. The summed E-state index contributed by atoms with van der Waals surface area (Å²) in [6.45, 7) is 6.52. The quantitative estimate of drug-likeness (QED) is 0.739. The Morgan fingerprint density at radius 3 is 2.06 bits per heavy atom. The Hall–Kier alpha value is -1.83. The minimum Gasteiger partial charge on any atom is -0.398 e. The van der Waals surface area contributed by atoms with E-state index in [1.54, 1.807) is 6.07 Å². The maximum atomic E-state index is 13.0. The molecule has 0 saturated heterocycles. The fourth-order valence-corrected chi connectivity index (χ4v) is 1.95. The maximum absolute atomic E-state index is 13.0. The van der Waals surface area contributed by atoms with E-state index in [1.807, 2.05) is 12.1 Å². The fraction of sp³-hybridized carbons (Fsp3) is 0.250. The molecular formula is C16H18FN. The van der Waals surface area contributed by atoms with Crippen LogP contribution >= 0.6 is 0 Å². The summed E-state index contributed by atoms with van der Waals surface area (Å²) in [6, 6.07) is 12.8. The molecule has 2 aromatic rings. The number of benzene rings is 2. The van der Waals surface area contributed by atoms with E-state index >= 15 is 0 Å². The molecule has 0 aliphatic rings. The average Bonchev–Trinajstić information content (AvgIpc) is 2.28. The minimum atomic E-state index is -0.303. The van der Waals surface area contributed by atoms with Crippen molar-refractivity contribution in [1.82, 2.24) is 0 Å². The smallest absolute Gasteiger partial charge is 0.125 e. The van der Waals surface area contributed by atoms with Crippen LogP contribution in [0.5, 0.6) is 0 Å². The number of hydrogen-bond acceptors (Lipinski definition) is 1. The molecule has 2 aromatic carbocycles. The van der Waals surface area contributed by atoms with Gasteiger partial charge in [0.1, 0.15) is 5.82 Å². The Kier molecular flexibility index (Phi) is 3.12. The van der Waals surface area contributed by atoms with Crippen LogP contribution in [0.2, 0.25) is 0 Å². The maximum Gasteiger partial charge on any atom is 0.125 e. The van der Waals surface area contributed by atoms with Gasteiger partial charge in [0.05, 0.1) is 0 Å². The predicted molar refractivity (Wildman–Crippen MR) is 74.9 cm³/mol. The van der Waals surface area contributed by atoms with Gasteiger partial charge in [0, 0.05) is 11.3 Å². The molecule has 0 heterocycles. The van der Waals surface area contributed by atoms with Crippen molar-refractivity contribution in [3.05, 3.63) is 53.8 Å².